The predicted molar refractivity (Wildman–Crippen MR) is 76.0 cm³/mol. The maximum absolute atomic E-state index is 9.79. The van der Waals surface area contributed by atoms with Crippen molar-refractivity contribution >= 4 is 15.9 Å². The second kappa shape index (κ2) is 6.55. The molecule has 2 rings (SSSR count). The maximum Gasteiger partial charge on any atom is 0.133 e. The Labute approximate surface area is 117 Å². The number of halogens is 1. The molecular weight excluding hydrogens is 294 g/mol. The maximum atomic E-state index is 9.79. The van der Waals surface area contributed by atoms with Gasteiger partial charge >= 0.3 is 0 Å². The molecule has 0 heterocycles. The summed E-state index contributed by atoms with van der Waals surface area (Å²) in [5.41, 5.74) is 1.18. The van der Waals surface area contributed by atoms with E-state index in [1.165, 1.54) is 18.4 Å². The first-order valence-electron chi connectivity index (χ1n) is 6.43. The van der Waals surface area contributed by atoms with Crippen molar-refractivity contribution in [3.63, 3.8) is 0 Å². The third kappa shape index (κ3) is 4.59. The van der Waals surface area contributed by atoms with Gasteiger partial charge in [-0.05, 0) is 65.9 Å². The van der Waals surface area contributed by atoms with Crippen molar-refractivity contribution < 1.29 is 9.84 Å². The van der Waals surface area contributed by atoms with Crippen LogP contribution in [0.2, 0.25) is 0 Å². The summed E-state index contributed by atoms with van der Waals surface area (Å²) in [6.45, 7) is 3.97. The average molecular weight is 314 g/mol. The van der Waals surface area contributed by atoms with Crippen LogP contribution in [0.1, 0.15) is 18.4 Å². The normalized spacial score (nSPS) is 16.6. The van der Waals surface area contributed by atoms with Crippen LogP contribution in [0, 0.1) is 12.8 Å². The summed E-state index contributed by atoms with van der Waals surface area (Å²) in [5, 5.41) is 13.1. The van der Waals surface area contributed by atoms with E-state index in [0.29, 0.717) is 13.2 Å². The fourth-order valence-electron chi connectivity index (χ4n) is 1.74. The van der Waals surface area contributed by atoms with Crippen LogP contribution in [0.3, 0.4) is 0 Å². The Morgan fingerprint density at radius 1 is 1.50 bits per heavy atom. The SMILES string of the molecule is Cc1ccc(OCC(O)CNCC2CC2)c(Br)c1. The van der Waals surface area contributed by atoms with Gasteiger partial charge in [-0.2, -0.15) is 0 Å². The first-order chi connectivity index (χ1) is 8.65. The fourth-order valence-corrected chi connectivity index (χ4v) is 2.35. The highest BCUT2D eigenvalue weighted by atomic mass is 79.9. The highest BCUT2D eigenvalue weighted by Gasteiger charge is 2.20. The molecule has 1 unspecified atom stereocenters. The van der Waals surface area contributed by atoms with Crippen LogP contribution < -0.4 is 10.1 Å². The number of nitrogens with one attached hydrogen (secondary N) is 1. The van der Waals surface area contributed by atoms with Gasteiger partial charge in [0.2, 0.25) is 0 Å². The minimum absolute atomic E-state index is 0.319. The van der Waals surface area contributed by atoms with Gasteiger partial charge in [-0.3, -0.25) is 0 Å². The lowest BCUT2D eigenvalue weighted by Gasteiger charge is -2.14. The molecule has 0 radical (unpaired) electrons. The highest BCUT2D eigenvalue weighted by Crippen LogP contribution is 2.27. The lowest BCUT2D eigenvalue weighted by atomic mass is 10.2. The summed E-state index contributed by atoms with van der Waals surface area (Å²) in [6, 6.07) is 5.93. The van der Waals surface area contributed by atoms with E-state index in [2.05, 4.69) is 21.2 Å². The van der Waals surface area contributed by atoms with Crippen molar-refractivity contribution in [3.05, 3.63) is 28.2 Å². The molecule has 1 fully saturated rings. The molecule has 4 heteroatoms. The molecule has 2 N–H and O–H groups in total. The van der Waals surface area contributed by atoms with Crippen LogP contribution in [0.5, 0.6) is 5.75 Å². The van der Waals surface area contributed by atoms with Crippen LogP contribution in [0.25, 0.3) is 0 Å². The van der Waals surface area contributed by atoms with Gasteiger partial charge in [-0.1, -0.05) is 6.07 Å². The molecule has 1 aliphatic rings. The monoisotopic (exact) mass is 313 g/mol. The number of rotatable bonds is 7. The third-order valence-corrected chi connectivity index (χ3v) is 3.65. The van der Waals surface area contributed by atoms with Crippen LogP contribution in [-0.4, -0.2) is 30.9 Å². The summed E-state index contributed by atoms with van der Waals surface area (Å²) < 4.78 is 6.52. The number of benzene rings is 1. The van der Waals surface area contributed by atoms with Gasteiger partial charge in [0.05, 0.1) is 4.47 Å². The molecule has 1 aliphatic carbocycles. The second-order valence-electron chi connectivity index (χ2n) is 5.00. The second-order valence-corrected chi connectivity index (χ2v) is 5.85. The van der Waals surface area contributed by atoms with Gasteiger partial charge in [0.25, 0.3) is 0 Å². The Morgan fingerprint density at radius 2 is 2.28 bits per heavy atom. The molecule has 0 aromatic heterocycles. The number of hydrogen-bond acceptors (Lipinski definition) is 3. The number of aliphatic hydroxyl groups is 1. The average Bonchev–Trinajstić information content (AvgIpc) is 3.12. The molecule has 1 aromatic carbocycles. The summed E-state index contributed by atoms with van der Waals surface area (Å²) >= 11 is 3.45. The van der Waals surface area contributed by atoms with Crippen molar-refractivity contribution in [2.24, 2.45) is 5.92 Å². The van der Waals surface area contributed by atoms with Crippen molar-refractivity contribution in [3.8, 4) is 5.75 Å². The Bertz CT molecular complexity index is 393. The quantitative estimate of drug-likeness (QED) is 0.812. The highest BCUT2D eigenvalue weighted by molar-refractivity contribution is 9.10. The van der Waals surface area contributed by atoms with Crippen LogP contribution in [-0.2, 0) is 0 Å². The van der Waals surface area contributed by atoms with E-state index in [9.17, 15) is 5.11 Å². The van der Waals surface area contributed by atoms with E-state index >= 15 is 0 Å². The lowest BCUT2D eigenvalue weighted by Crippen LogP contribution is -2.32. The summed E-state index contributed by atoms with van der Waals surface area (Å²) in [7, 11) is 0. The Balaban J connectivity index is 1.68. The van der Waals surface area contributed by atoms with E-state index < -0.39 is 6.10 Å². The van der Waals surface area contributed by atoms with E-state index in [4.69, 9.17) is 4.74 Å². The van der Waals surface area contributed by atoms with Crippen molar-refractivity contribution in [2.75, 3.05) is 19.7 Å². The van der Waals surface area contributed by atoms with Crippen molar-refractivity contribution in [1.82, 2.24) is 5.32 Å². The number of aliphatic hydroxyl groups excluding tert-OH is 1. The zero-order chi connectivity index (χ0) is 13.0. The topological polar surface area (TPSA) is 41.5 Å². The van der Waals surface area contributed by atoms with E-state index in [0.717, 1.165) is 22.7 Å². The van der Waals surface area contributed by atoms with E-state index in [1.54, 1.807) is 0 Å². The van der Waals surface area contributed by atoms with Gasteiger partial charge < -0.3 is 15.2 Å². The Morgan fingerprint density at radius 3 is 2.94 bits per heavy atom. The largest absolute Gasteiger partial charge is 0.490 e. The van der Waals surface area contributed by atoms with Crippen molar-refractivity contribution in [2.45, 2.75) is 25.9 Å². The molecule has 18 heavy (non-hydrogen) atoms. The summed E-state index contributed by atoms with van der Waals surface area (Å²) in [5.74, 6) is 1.62. The standard InChI is InChI=1S/C14H20BrNO2/c1-10-2-5-14(13(15)6-10)18-9-12(17)8-16-7-11-3-4-11/h2,5-6,11-12,16-17H,3-4,7-9H2,1H3. The number of hydrogen-bond donors (Lipinski definition) is 2. The van der Waals surface area contributed by atoms with Gasteiger partial charge in [-0.25, -0.2) is 0 Å². The predicted octanol–water partition coefficient (Wildman–Crippen LogP) is 2.50. The molecule has 1 atom stereocenters. The number of ether oxygens (including phenoxy) is 1. The number of aryl methyl sites for hydroxylation is 1. The van der Waals surface area contributed by atoms with Crippen LogP contribution in [0.15, 0.2) is 22.7 Å². The third-order valence-electron chi connectivity index (χ3n) is 3.03. The molecule has 0 aliphatic heterocycles. The molecule has 0 bridgehead atoms. The van der Waals surface area contributed by atoms with Crippen molar-refractivity contribution in [1.29, 1.82) is 0 Å². The van der Waals surface area contributed by atoms with E-state index in [1.807, 2.05) is 25.1 Å². The van der Waals surface area contributed by atoms with Gasteiger partial charge in [-0.15, -0.1) is 0 Å². The smallest absolute Gasteiger partial charge is 0.133 e. The molecule has 0 saturated heterocycles. The molecule has 100 valence electrons. The molecule has 3 nitrogen and oxygen atoms in total. The minimum Gasteiger partial charge on any atom is -0.490 e. The fraction of sp³-hybridized carbons (Fsp3) is 0.571. The molecule has 0 spiro atoms. The zero-order valence-electron chi connectivity index (χ0n) is 10.7. The van der Waals surface area contributed by atoms with Crippen LogP contribution >= 0.6 is 15.9 Å². The van der Waals surface area contributed by atoms with Gasteiger partial charge in [0.15, 0.2) is 0 Å². The van der Waals surface area contributed by atoms with Gasteiger partial charge in [0, 0.05) is 6.54 Å². The molecule has 0 amide bonds. The zero-order valence-corrected chi connectivity index (χ0v) is 12.2. The first-order valence-corrected chi connectivity index (χ1v) is 7.22. The lowest BCUT2D eigenvalue weighted by molar-refractivity contribution is 0.106. The first kappa shape index (κ1) is 13.8. The summed E-state index contributed by atoms with van der Waals surface area (Å²) in [6.07, 6.45) is 2.20. The summed E-state index contributed by atoms with van der Waals surface area (Å²) in [4.78, 5) is 0. The van der Waals surface area contributed by atoms with E-state index in [-0.39, 0.29) is 0 Å². The Hall–Kier alpha value is -0.580. The Kier molecular flexibility index (Phi) is 5.03. The molecular formula is C14H20BrNO2. The van der Waals surface area contributed by atoms with Gasteiger partial charge in [0.1, 0.15) is 18.5 Å². The van der Waals surface area contributed by atoms with Crippen LogP contribution in [0.4, 0.5) is 0 Å². The molecule has 1 saturated carbocycles. The minimum atomic E-state index is -0.461. The molecule has 1 aromatic rings.